The summed E-state index contributed by atoms with van der Waals surface area (Å²) >= 11 is 1.36. The van der Waals surface area contributed by atoms with Gasteiger partial charge in [-0.05, 0) is 49.9 Å². The lowest BCUT2D eigenvalue weighted by atomic mass is 9.98. The molecule has 0 spiro atoms. The van der Waals surface area contributed by atoms with Crippen molar-refractivity contribution in [2.24, 2.45) is 0 Å². The maximum Gasteiger partial charge on any atom is 0.341 e. The van der Waals surface area contributed by atoms with Gasteiger partial charge in [0, 0.05) is 10.4 Å². The van der Waals surface area contributed by atoms with Crippen LogP contribution in [0.5, 0.6) is 5.75 Å². The predicted octanol–water partition coefficient (Wildman–Crippen LogP) is 6.26. The Morgan fingerprint density at radius 3 is 2.38 bits per heavy atom. The zero-order chi connectivity index (χ0) is 23.1. The maximum absolute atomic E-state index is 12.8. The first-order valence-corrected chi connectivity index (χ1v) is 11.6. The number of amides is 1. The number of methoxy groups -OCH3 is 1. The monoisotopic (exact) mass is 451 g/mol. The summed E-state index contributed by atoms with van der Waals surface area (Å²) in [7, 11) is 1.35. The summed E-state index contributed by atoms with van der Waals surface area (Å²) in [5.41, 5.74) is 3.35. The Balaban J connectivity index is 1.87. The van der Waals surface area contributed by atoms with E-state index in [0.29, 0.717) is 16.3 Å². The van der Waals surface area contributed by atoms with Gasteiger partial charge in [-0.2, -0.15) is 0 Å². The van der Waals surface area contributed by atoms with Crippen LogP contribution in [0.2, 0.25) is 0 Å². The highest BCUT2D eigenvalue weighted by molar-refractivity contribution is 7.17. The zero-order valence-electron chi connectivity index (χ0n) is 18.9. The van der Waals surface area contributed by atoms with Crippen LogP contribution in [-0.4, -0.2) is 25.1 Å². The smallest absolute Gasteiger partial charge is 0.341 e. The van der Waals surface area contributed by atoms with Crippen molar-refractivity contribution in [3.8, 4) is 16.9 Å². The number of ether oxygens (including phenoxy) is 2. The Labute approximate surface area is 193 Å². The molecule has 168 valence electrons. The number of rotatable bonds is 9. The number of carbonyl (C=O) groups is 2. The van der Waals surface area contributed by atoms with E-state index in [2.05, 4.69) is 24.4 Å². The summed E-state index contributed by atoms with van der Waals surface area (Å²) in [5.74, 6) is -0.206. The first-order valence-electron chi connectivity index (χ1n) is 10.8. The molecule has 32 heavy (non-hydrogen) atoms. The van der Waals surface area contributed by atoms with E-state index in [0.717, 1.165) is 35.3 Å². The summed E-state index contributed by atoms with van der Waals surface area (Å²) in [6, 6.07) is 17.4. The Morgan fingerprint density at radius 1 is 1.06 bits per heavy atom. The van der Waals surface area contributed by atoms with E-state index in [9.17, 15) is 9.59 Å². The summed E-state index contributed by atoms with van der Waals surface area (Å²) in [6.07, 6.45) is 2.59. The molecular formula is C26H29NO4S. The molecule has 1 aromatic heterocycles. The second-order valence-electron chi connectivity index (χ2n) is 7.59. The average Bonchev–Trinajstić information content (AvgIpc) is 3.13. The highest BCUT2D eigenvalue weighted by Gasteiger charge is 2.26. The molecule has 0 bridgehead atoms. The van der Waals surface area contributed by atoms with Crippen LogP contribution in [0.1, 0.15) is 47.5 Å². The highest BCUT2D eigenvalue weighted by atomic mass is 32.1. The number of unbranched alkanes of at least 4 members (excludes halogenated alkanes) is 1. The third kappa shape index (κ3) is 5.56. The number of para-hydroxylation sites is 1. The lowest BCUT2D eigenvalue weighted by molar-refractivity contribution is -0.122. The largest absolute Gasteiger partial charge is 0.481 e. The van der Waals surface area contributed by atoms with E-state index in [1.165, 1.54) is 24.0 Å². The Bertz CT molecular complexity index is 1060. The standard InChI is InChI=1S/C26H29NO4S/c1-5-6-10-19-13-15-20(16-14-19)22-18(3)32-25(23(22)26(29)30-4)27-24(28)17(2)31-21-11-8-7-9-12-21/h7-9,11-17H,5-6,10H2,1-4H3,(H,27,28)/t17-/m0/s1. The topological polar surface area (TPSA) is 64.6 Å². The second kappa shape index (κ2) is 11.0. The number of benzene rings is 2. The van der Waals surface area contributed by atoms with Crippen LogP contribution in [0.4, 0.5) is 5.00 Å². The minimum absolute atomic E-state index is 0.332. The first kappa shape index (κ1) is 23.5. The summed E-state index contributed by atoms with van der Waals surface area (Å²) < 4.78 is 10.8. The van der Waals surface area contributed by atoms with E-state index in [-0.39, 0.29) is 5.91 Å². The summed E-state index contributed by atoms with van der Waals surface area (Å²) in [6.45, 7) is 5.79. The molecule has 1 atom stereocenters. The SMILES string of the molecule is CCCCc1ccc(-c2c(C)sc(NC(=O)[C@H](C)Oc3ccccc3)c2C(=O)OC)cc1. The average molecular weight is 452 g/mol. The van der Waals surface area contributed by atoms with Gasteiger partial charge < -0.3 is 14.8 Å². The van der Waals surface area contributed by atoms with Gasteiger partial charge in [-0.3, -0.25) is 4.79 Å². The number of esters is 1. The molecule has 6 heteroatoms. The third-order valence-electron chi connectivity index (χ3n) is 5.20. The van der Waals surface area contributed by atoms with Crippen molar-refractivity contribution in [1.29, 1.82) is 0 Å². The second-order valence-corrected chi connectivity index (χ2v) is 8.82. The molecule has 0 fully saturated rings. The molecule has 0 saturated heterocycles. The number of hydrogen-bond acceptors (Lipinski definition) is 5. The lowest BCUT2D eigenvalue weighted by Crippen LogP contribution is -2.30. The van der Waals surface area contributed by atoms with E-state index < -0.39 is 12.1 Å². The quantitative estimate of drug-likeness (QED) is 0.390. The number of anilines is 1. The molecule has 5 nitrogen and oxygen atoms in total. The van der Waals surface area contributed by atoms with Crippen LogP contribution in [0.15, 0.2) is 54.6 Å². The molecule has 0 aliphatic heterocycles. The molecule has 1 N–H and O–H groups in total. The van der Waals surface area contributed by atoms with Crippen LogP contribution in [0, 0.1) is 6.92 Å². The molecule has 3 aromatic rings. The van der Waals surface area contributed by atoms with Gasteiger partial charge in [-0.15, -0.1) is 11.3 Å². The molecule has 1 heterocycles. The number of aryl methyl sites for hydroxylation is 2. The van der Waals surface area contributed by atoms with Gasteiger partial charge in [0.15, 0.2) is 6.10 Å². The van der Waals surface area contributed by atoms with Gasteiger partial charge in [-0.25, -0.2) is 4.79 Å². The van der Waals surface area contributed by atoms with E-state index in [4.69, 9.17) is 9.47 Å². The van der Waals surface area contributed by atoms with Crippen molar-refractivity contribution >= 4 is 28.2 Å². The highest BCUT2D eigenvalue weighted by Crippen LogP contribution is 2.40. The molecule has 2 aromatic carbocycles. The Kier molecular flexibility index (Phi) is 8.06. The van der Waals surface area contributed by atoms with Gasteiger partial charge in [0.2, 0.25) is 0 Å². The Hall–Kier alpha value is -3.12. The van der Waals surface area contributed by atoms with Crippen LogP contribution < -0.4 is 10.1 Å². The van der Waals surface area contributed by atoms with Crippen LogP contribution >= 0.6 is 11.3 Å². The van der Waals surface area contributed by atoms with Gasteiger partial charge in [0.05, 0.1) is 7.11 Å². The number of carbonyl (C=O) groups excluding carboxylic acids is 2. The van der Waals surface area contributed by atoms with Gasteiger partial charge in [0.1, 0.15) is 16.3 Å². The zero-order valence-corrected chi connectivity index (χ0v) is 19.8. The van der Waals surface area contributed by atoms with Crippen molar-refractivity contribution in [2.45, 2.75) is 46.1 Å². The maximum atomic E-state index is 12.8. The lowest BCUT2D eigenvalue weighted by Gasteiger charge is -2.15. The minimum Gasteiger partial charge on any atom is -0.481 e. The molecule has 0 aliphatic rings. The molecule has 0 aliphatic carbocycles. The van der Waals surface area contributed by atoms with E-state index in [1.807, 2.05) is 37.3 Å². The fraction of sp³-hybridized carbons (Fsp3) is 0.308. The predicted molar refractivity (Wildman–Crippen MR) is 130 cm³/mol. The van der Waals surface area contributed by atoms with Crippen molar-refractivity contribution < 1.29 is 19.1 Å². The molecular weight excluding hydrogens is 422 g/mol. The van der Waals surface area contributed by atoms with Crippen LogP contribution in [-0.2, 0) is 16.0 Å². The first-order chi connectivity index (χ1) is 15.4. The van der Waals surface area contributed by atoms with Gasteiger partial charge in [0.25, 0.3) is 5.91 Å². The molecule has 0 saturated carbocycles. The number of nitrogens with one attached hydrogen (secondary N) is 1. The normalized spacial score (nSPS) is 11.6. The van der Waals surface area contributed by atoms with Crippen molar-refractivity contribution in [2.75, 3.05) is 12.4 Å². The molecule has 3 rings (SSSR count). The molecule has 0 unspecified atom stereocenters. The Morgan fingerprint density at radius 2 is 1.75 bits per heavy atom. The summed E-state index contributed by atoms with van der Waals surface area (Å²) in [5, 5.41) is 3.34. The molecule has 1 amide bonds. The van der Waals surface area contributed by atoms with Crippen molar-refractivity contribution in [3.63, 3.8) is 0 Å². The third-order valence-corrected chi connectivity index (χ3v) is 6.22. The van der Waals surface area contributed by atoms with Crippen molar-refractivity contribution in [1.82, 2.24) is 0 Å². The van der Waals surface area contributed by atoms with Crippen LogP contribution in [0.25, 0.3) is 11.1 Å². The van der Waals surface area contributed by atoms with Crippen molar-refractivity contribution in [3.05, 3.63) is 70.6 Å². The van der Waals surface area contributed by atoms with Gasteiger partial charge in [-0.1, -0.05) is 55.8 Å². The number of thiophene rings is 1. The van der Waals surface area contributed by atoms with Crippen LogP contribution in [0.3, 0.4) is 0 Å². The number of hydrogen-bond donors (Lipinski definition) is 1. The van der Waals surface area contributed by atoms with E-state index in [1.54, 1.807) is 19.1 Å². The van der Waals surface area contributed by atoms with Gasteiger partial charge >= 0.3 is 5.97 Å². The molecule has 0 radical (unpaired) electrons. The summed E-state index contributed by atoms with van der Waals surface area (Å²) in [4.78, 5) is 26.4. The van der Waals surface area contributed by atoms with E-state index >= 15 is 0 Å². The minimum atomic E-state index is -0.730. The fourth-order valence-electron chi connectivity index (χ4n) is 3.47. The fourth-order valence-corrected chi connectivity index (χ4v) is 4.53.